The van der Waals surface area contributed by atoms with Crippen molar-refractivity contribution in [1.29, 1.82) is 0 Å². The largest absolute Gasteiger partial charge is 0.492 e. The Labute approximate surface area is 128 Å². The molecular weight excluding hydrogens is 272 g/mol. The fraction of sp³-hybridized carbons (Fsp3) is 0.625. The van der Waals surface area contributed by atoms with Crippen molar-refractivity contribution in [3.05, 3.63) is 29.3 Å². The first-order chi connectivity index (χ1) is 9.06. The highest BCUT2D eigenvalue weighted by Crippen LogP contribution is 2.23. The van der Waals surface area contributed by atoms with E-state index in [0.717, 1.165) is 38.4 Å². The standard InChI is InChI=1S/C16H26N2O.ClH/c1-12(2)16-5-4-15(10-13(16)3)19-9-8-18-7-6-14(17)11-18;/h4-5,10,12,14H,6-9,11,17H2,1-3H3;1H. The zero-order chi connectivity index (χ0) is 13.8. The summed E-state index contributed by atoms with van der Waals surface area (Å²) in [7, 11) is 0. The topological polar surface area (TPSA) is 38.5 Å². The molecule has 0 saturated carbocycles. The summed E-state index contributed by atoms with van der Waals surface area (Å²) in [6.45, 7) is 10.4. The normalized spacial score (nSPS) is 19.1. The van der Waals surface area contributed by atoms with Crippen molar-refractivity contribution < 1.29 is 4.74 Å². The van der Waals surface area contributed by atoms with Gasteiger partial charge in [0.2, 0.25) is 0 Å². The van der Waals surface area contributed by atoms with Crippen molar-refractivity contribution in [3.63, 3.8) is 0 Å². The quantitative estimate of drug-likeness (QED) is 0.908. The summed E-state index contributed by atoms with van der Waals surface area (Å²) in [5.74, 6) is 1.55. The molecule has 2 N–H and O–H groups in total. The van der Waals surface area contributed by atoms with E-state index in [1.807, 2.05) is 0 Å². The van der Waals surface area contributed by atoms with E-state index < -0.39 is 0 Å². The van der Waals surface area contributed by atoms with Crippen molar-refractivity contribution in [3.8, 4) is 5.75 Å². The van der Waals surface area contributed by atoms with Crippen molar-refractivity contribution in [2.45, 2.75) is 39.2 Å². The van der Waals surface area contributed by atoms with E-state index in [-0.39, 0.29) is 12.4 Å². The van der Waals surface area contributed by atoms with Gasteiger partial charge in [0, 0.05) is 19.1 Å². The first kappa shape index (κ1) is 17.3. The molecule has 1 aliphatic heterocycles. The maximum atomic E-state index is 5.89. The Morgan fingerprint density at radius 3 is 2.70 bits per heavy atom. The Hall–Kier alpha value is -0.770. The van der Waals surface area contributed by atoms with Crippen LogP contribution in [0.2, 0.25) is 0 Å². The van der Waals surface area contributed by atoms with Crippen LogP contribution in [0.1, 0.15) is 37.3 Å². The van der Waals surface area contributed by atoms with E-state index in [0.29, 0.717) is 12.0 Å². The molecule has 114 valence electrons. The van der Waals surface area contributed by atoms with E-state index in [1.165, 1.54) is 11.1 Å². The molecule has 3 nitrogen and oxygen atoms in total. The lowest BCUT2D eigenvalue weighted by Gasteiger charge is -2.16. The van der Waals surface area contributed by atoms with E-state index in [2.05, 4.69) is 43.9 Å². The molecular formula is C16H27ClN2O. The maximum Gasteiger partial charge on any atom is 0.119 e. The molecule has 0 radical (unpaired) electrons. The second-order valence-corrected chi connectivity index (χ2v) is 5.87. The van der Waals surface area contributed by atoms with Gasteiger partial charge in [0.25, 0.3) is 0 Å². The third-order valence-corrected chi connectivity index (χ3v) is 3.85. The lowest BCUT2D eigenvalue weighted by molar-refractivity contribution is 0.236. The maximum absolute atomic E-state index is 5.89. The minimum absolute atomic E-state index is 0. The molecule has 0 aliphatic carbocycles. The van der Waals surface area contributed by atoms with E-state index in [4.69, 9.17) is 10.5 Å². The van der Waals surface area contributed by atoms with E-state index >= 15 is 0 Å². The number of ether oxygens (including phenoxy) is 1. The summed E-state index contributed by atoms with van der Waals surface area (Å²) in [6.07, 6.45) is 1.11. The highest BCUT2D eigenvalue weighted by molar-refractivity contribution is 5.85. The highest BCUT2D eigenvalue weighted by Gasteiger charge is 2.18. The molecule has 1 atom stereocenters. The number of aryl methyl sites for hydroxylation is 1. The fourth-order valence-corrected chi connectivity index (χ4v) is 2.74. The number of rotatable bonds is 5. The van der Waals surface area contributed by atoms with Gasteiger partial charge in [-0.2, -0.15) is 0 Å². The molecule has 1 heterocycles. The van der Waals surface area contributed by atoms with Crippen LogP contribution in [0, 0.1) is 6.92 Å². The summed E-state index contributed by atoms with van der Waals surface area (Å²) < 4.78 is 5.84. The van der Waals surface area contributed by atoms with Crippen molar-refractivity contribution in [1.82, 2.24) is 4.90 Å². The van der Waals surface area contributed by atoms with Crippen molar-refractivity contribution in [2.75, 3.05) is 26.2 Å². The first-order valence-electron chi connectivity index (χ1n) is 7.27. The van der Waals surface area contributed by atoms with Crippen LogP contribution in [0.3, 0.4) is 0 Å². The average Bonchev–Trinajstić information content (AvgIpc) is 2.75. The minimum Gasteiger partial charge on any atom is -0.492 e. The van der Waals surface area contributed by atoms with Crippen LogP contribution in [0.25, 0.3) is 0 Å². The van der Waals surface area contributed by atoms with Crippen LogP contribution >= 0.6 is 12.4 Å². The molecule has 0 spiro atoms. The number of nitrogens with zero attached hydrogens (tertiary/aromatic N) is 1. The Balaban J connectivity index is 0.00000200. The van der Waals surface area contributed by atoms with E-state index in [1.54, 1.807) is 0 Å². The summed E-state index contributed by atoms with van der Waals surface area (Å²) >= 11 is 0. The number of hydrogen-bond acceptors (Lipinski definition) is 3. The fourth-order valence-electron chi connectivity index (χ4n) is 2.74. The van der Waals surface area contributed by atoms with Crippen LogP contribution in [-0.2, 0) is 0 Å². The highest BCUT2D eigenvalue weighted by atomic mass is 35.5. The van der Waals surface area contributed by atoms with E-state index in [9.17, 15) is 0 Å². The number of likely N-dealkylation sites (tertiary alicyclic amines) is 1. The van der Waals surface area contributed by atoms with Crippen LogP contribution in [0.15, 0.2) is 18.2 Å². The van der Waals surface area contributed by atoms with Gasteiger partial charge in [-0.05, 0) is 49.1 Å². The molecule has 4 heteroatoms. The van der Waals surface area contributed by atoms with Crippen LogP contribution < -0.4 is 10.5 Å². The number of hydrogen-bond donors (Lipinski definition) is 1. The lowest BCUT2D eigenvalue weighted by Crippen LogP contribution is -2.29. The average molecular weight is 299 g/mol. The second kappa shape index (κ2) is 7.87. The molecule has 0 bridgehead atoms. The monoisotopic (exact) mass is 298 g/mol. The molecule has 1 aromatic carbocycles. The molecule has 0 aromatic heterocycles. The van der Waals surface area contributed by atoms with Crippen LogP contribution in [0.4, 0.5) is 0 Å². The Bertz CT molecular complexity index is 423. The Morgan fingerprint density at radius 1 is 1.40 bits per heavy atom. The lowest BCUT2D eigenvalue weighted by atomic mass is 9.98. The number of nitrogens with two attached hydrogens (primary N) is 1. The molecule has 1 aliphatic rings. The van der Waals surface area contributed by atoms with Gasteiger partial charge in [0.15, 0.2) is 0 Å². The van der Waals surface area contributed by atoms with Gasteiger partial charge in [-0.15, -0.1) is 12.4 Å². The molecule has 0 amide bonds. The smallest absolute Gasteiger partial charge is 0.119 e. The summed E-state index contributed by atoms with van der Waals surface area (Å²) in [6, 6.07) is 6.76. The number of benzene rings is 1. The predicted molar refractivity (Wildman–Crippen MR) is 87.0 cm³/mol. The van der Waals surface area contributed by atoms with Gasteiger partial charge < -0.3 is 10.5 Å². The van der Waals surface area contributed by atoms with Crippen molar-refractivity contribution >= 4 is 12.4 Å². The molecule has 1 aromatic rings. The zero-order valence-electron chi connectivity index (χ0n) is 12.8. The Morgan fingerprint density at radius 2 is 2.15 bits per heavy atom. The SMILES string of the molecule is Cc1cc(OCCN2CCC(N)C2)ccc1C(C)C.Cl. The number of halogens is 1. The first-order valence-corrected chi connectivity index (χ1v) is 7.27. The van der Waals surface area contributed by atoms with Gasteiger partial charge in [-0.1, -0.05) is 19.9 Å². The van der Waals surface area contributed by atoms with Crippen LogP contribution in [-0.4, -0.2) is 37.2 Å². The molecule has 1 saturated heterocycles. The zero-order valence-corrected chi connectivity index (χ0v) is 13.6. The van der Waals surface area contributed by atoms with Gasteiger partial charge in [0.05, 0.1) is 0 Å². The molecule has 20 heavy (non-hydrogen) atoms. The Kier molecular flexibility index (Phi) is 6.80. The van der Waals surface area contributed by atoms with Crippen LogP contribution in [0.5, 0.6) is 5.75 Å². The van der Waals surface area contributed by atoms with Gasteiger partial charge >= 0.3 is 0 Å². The van der Waals surface area contributed by atoms with Gasteiger partial charge in [0.1, 0.15) is 12.4 Å². The minimum atomic E-state index is 0. The second-order valence-electron chi connectivity index (χ2n) is 5.87. The third kappa shape index (κ3) is 4.65. The summed E-state index contributed by atoms with van der Waals surface area (Å²) in [5.41, 5.74) is 8.61. The third-order valence-electron chi connectivity index (χ3n) is 3.85. The molecule has 2 rings (SSSR count). The van der Waals surface area contributed by atoms with Gasteiger partial charge in [-0.3, -0.25) is 4.90 Å². The summed E-state index contributed by atoms with van der Waals surface area (Å²) in [4.78, 5) is 2.38. The van der Waals surface area contributed by atoms with Gasteiger partial charge in [-0.25, -0.2) is 0 Å². The molecule has 1 fully saturated rings. The predicted octanol–water partition coefficient (Wildman–Crippen LogP) is 2.95. The molecule has 1 unspecified atom stereocenters. The summed E-state index contributed by atoms with van der Waals surface area (Å²) in [5, 5.41) is 0. The van der Waals surface area contributed by atoms with Crippen molar-refractivity contribution in [2.24, 2.45) is 5.73 Å².